The number of carbonyl (C=O) groups excluding carboxylic acids is 1. The van der Waals surface area contributed by atoms with Crippen LogP contribution >= 0.6 is 0 Å². The number of likely N-dealkylation sites (N-methyl/N-ethyl adjacent to an activating group) is 2. The third-order valence-corrected chi connectivity index (χ3v) is 4.67. The molecular weight excluding hydrogens is 378 g/mol. The van der Waals surface area contributed by atoms with E-state index >= 15 is 0 Å². The summed E-state index contributed by atoms with van der Waals surface area (Å²) in [5, 5.41) is 3.91. The maximum absolute atomic E-state index is 12.6. The standard InChI is InChI=1S/C22H31N7O/c1-7-25-19(20(23)24-3)22(30)26-14-17-13-16-10-8-9-15(2)18(16)27-21(17)29(6)12-11-28(4)5/h7-10,13H,3,11-12,14,23H2,1-2,4-6H3,(H,26,30)/b20-19-,25-7?. The van der Waals surface area contributed by atoms with Crippen molar-refractivity contribution in [2.75, 3.05) is 39.1 Å². The number of aryl methyl sites for hydroxylation is 1. The summed E-state index contributed by atoms with van der Waals surface area (Å²) in [4.78, 5) is 29.4. The van der Waals surface area contributed by atoms with E-state index in [0.717, 1.165) is 40.9 Å². The minimum atomic E-state index is -0.413. The van der Waals surface area contributed by atoms with E-state index in [2.05, 4.69) is 37.9 Å². The first-order valence-electron chi connectivity index (χ1n) is 9.77. The van der Waals surface area contributed by atoms with Crippen molar-refractivity contribution in [3.05, 3.63) is 46.9 Å². The molecule has 1 aromatic heterocycles. The Bertz CT molecular complexity index is 979. The molecule has 1 amide bonds. The van der Waals surface area contributed by atoms with Gasteiger partial charge in [0.05, 0.1) is 5.52 Å². The van der Waals surface area contributed by atoms with Crippen molar-refractivity contribution in [2.24, 2.45) is 15.7 Å². The van der Waals surface area contributed by atoms with Gasteiger partial charge in [-0.05, 0) is 46.3 Å². The zero-order valence-corrected chi connectivity index (χ0v) is 18.4. The number of amides is 1. The lowest BCUT2D eigenvalue weighted by molar-refractivity contribution is -0.117. The Kier molecular flexibility index (Phi) is 8.06. The number of aliphatic imine (C=N–C) groups is 2. The van der Waals surface area contributed by atoms with E-state index in [1.165, 1.54) is 6.21 Å². The van der Waals surface area contributed by atoms with Gasteiger partial charge in [0, 0.05) is 43.8 Å². The Labute approximate surface area is 178 Å². The number of fused-ring (bicyclic) bond motifs is 1. The van der Waals surface area contributed by atoms with Gasteiger partial charge in [-0.2, -0.15) is 0 Å². The van der Waals surface area contributed by atoms with Crippen LogP contribution in [-0.2, 0) is 11.3 Å². The molecule has 0 aliphatic carbocycles. The van der Waals surface area contributed by atoms with E-state index in [4.69, 9.17) is 10.7 Å². The number of pyridine rings is 1. The van der Waals surface area contributed by atoms with Crippen molar-refractivity contribution in [1.82, 2.24) is 15.2 Å². The first kappa shape index (κ1) is 23.0. The molecule has 0 saturated heterocycles. The van der Waals surface area contributed by atoms with Gasteiger partial charge in [0.25, 0.3) is 5.91 Å². The maximum atomic E-state index is 12.6. The van der Waals surface area contributed by atoms with Crippen LogP contribution < -0.4 is 16.0 Å². The molecule has 0 aliphatic rings. The molecule has 0 aliphatic heterocycles. The van der Waals surface area contributed by atoms with Crippen LogP contribution in [0.2, 0.25) is 0 Å². The zero-order valence-electron chi connectivity index (χ0n) is 18.4. The van der Waals surface area contributed by atoms with Crippen molar-refractivity contribution >= 4 is 35.6 Å². The number of nitrogens with one attached hydrogen (secondary N) is 1. The minimum absolute atomic E-state index is 0.0128. The molecule has 0 saturated carbocycles. The fourth-order valence-corrected chi connectivity index (χ4v) is 3.00. The van der Waals surface area contributed by atoms with Gasteiger partial charge in [-0.3, -0.25) is 9.79 Å². The van der Waals surface area contributed by atoms with Crippen molar-refractivity contribution in [3.8, 4) is 0 Å². The van der Waals surface area contributed by atoms with Crippen LogP contribution in [0.25, 0.3) is 10.9 Å². The predicted molar refractivity (Wildman–Crippen MR) is 125 cm³/mol. The maximum Gasteiger partial charge on any atom is 0.273 e. The lowest BCUT2D eigenvalue weighted by Gasteiger charge is -2.24. The Hall–Kier alpha value is -3.26. The first-order chi connectivity index (χ1) is 14.3. The molecule has 2 aromatic rings. The molecule has 160 valence electrons. The van der Waals surface area contributed by atoms with Gasteiger partial charge in [0.1, 0.15) is 5.82 Å². The van der Waals surface area contributed by atoms with E-state index < -0.39 is 5.91 Å². The largest absolute Gasteiger partial charge is 0.382 e. The number of hydrogen-bond donors (Lipinski definition) is 2. The third kappa shape index (κ3) is 5.64. The number of nitrogens with two attached hydrogens (primary N) is 1. The Morgan fingerprint density at radius 2 is 2.03 bits per heavy atom. The van der Waals surface area contributed by atoms with Gasteiger partial charge in [0.15, 0.2) is 11.5 Å². The van der Waals surface area contributed by atoms with Gasteiger partial charge in [0.2, 0.25) is 0 Å². The predicted octanol–water partition coefficient (Wildman–Crippen LogP) is 2.08. The highest BCUT2D eigenvalue weighted by Crippen LogP contribution is 2.25. The SMILES string of the molecule is C=N/C(N)=C(\N=CC)C(=O)NCc1cc2cccc(C)c2nc1N(C)CCN(C)C. The van der Waals surface area contributed by atoms with Gasteiger partial charge in [-0.25, -0.2) is 9.98 Å². The highest BCUT2D eigenvalue weighted by molar-refractivity contribution is 5.95. The van der Waals surface area contributed by atoms with Gasteiger partial charge in [-0.15, -0.1) is 0 Å². The second-order valence-corrected chi connectivity index (χ2v) is 7.30. The molecule has 0 unspecified atom stereocenters. The lowest BCUT2D eigenvalue weighted by Crippen LogP contribution is -2.31. The molecule has 0 fully saturated rings. The molecule has 0 atom stereocenters. The van der Waals surface area contributed by atoms with E-state index in [9.17, 15) is 4.79 Å². The third-order valence-electron chi connectivity index (χ3n) is 4.67. The Morgan fingerprint density at radius 3 is 2.67 bits per heavy atom. The molecule has 0 spiro atoms. The number of anilines is 1. The van der Waals surface area contributed by atoms with Crippen molar-refractivity contribution in [1.29, 1.82) is 0 Å². The van der Waals surface area contributed by atoms with E-state index in [-0.39, 0.29) is 18.1 Å². The lowest BCUT2D eigenvalue weighted by atomic mass is 10.1. The van der Waals surface area contributed by atoms with Crippen LogP contribution in [-0.4, -0.2) is 63.0 Å². The number of para-hydroxylation sites is 1. The molecule has 0 bridgehead atoms. The van der Waals surface area contributed by atoms with Crippen molar-refractivity contribution < 1.29 is 4.79 Å². The summed E-state index contributed by atoms with van der Waals surface area (Å²) in [6, 6.07) is 8.14. The van der Waals surface area contributed by atoms with E-state index in [0.29, 0.717) is 0 Å². The molecule has 1 heterocycles. The number of benzene rings is 1. The van der Waals surface area contributed by atoms with Crippen LogP contribution in [0.5, 0.6) is 0 Å². The van der Waals surface area contributed by atoms with Crippen molar-refractivity contribution in [2.45, 2.75) is 20.4 Å². The van der Waals surface area contributed by atoms with Gasteiger partial charge in [-0.1, -0.05) is 18.2 Å². The van der Waals surface area contributed by atoms with Crippen LogP contribution in [0.4, 0.5) is 5.82 Å². The minimum Gasteiger partial charge on any atom is -0.382 e. The second kappa shape index (κ2) is 10.5. The van der Waals surface area contributed by atoms with Crippen LogP contribution in [0.15, 0.2) is 45.8 Å². The number of carbonyl (C=O) groups is 1. The number of rotatable bonds is 9. The van der Waals surface area contributed by atoms with Crippen LogP contribution in [0.1, 0.15) is 18.1 Å². The van der Waals surface area contributed by atoms with Crippen LogP contribution in [0.3, 0.4) is 0 Å². The zero-order chi connectivity index (χ0) is 22.3. The molecular formula is C22H31N7O. The molecule has 30 heavy (non-hydrogen) atoms. The smallest absolute Gasteiger partial charge is 0.273 e. The van der Waals surface area contributed by atoms with Crippen LogP contribution in [0, 0.1) is 6.92 Å². The monoisotopic (exact) mass is 409 g/mol. The summed E-state index contributed by atoms with van der Waals surface area (Å²) in [7, 11) is 6.08. The molecule has 8 heteroatoms. The fraction of sp³-hybridized carbons (Fsp3) is 0.364. The molecule has 8 nitrogen and oxygen atoms in total. The quantitative estimate of drug-likeness (QED) is 0.488. The molecule has 3 N–H and O–H groups in total. The molecule has 1 aromatic carbocycles. The summed E-state index contributed by atoms with van der Waals surface area (Å²) < 4.78 is 0. The average Bonchev–Trinajstić information content (AvgIpc) is 2.73. The average molecular weight is 410 g/mol. The number of hydrogen-bond acceptors (Lipinski definition) is 7. The number of nitrogens with zero attached hydrogens (tertiary/aromatic N) is 5. The Balaban J connectivity index is 2.39. The van der Waals surface area contributed by atoms with Crippen molar-refractivity contribution in [3.63, 3.8) is 0 Å². The summed E-state index contributed by atoms with van der Waals surface area (Å²) in [5.74, 6) is 0.406. The molecule has 2 rings (SSSR count). The second-order valence-electron chi connectivity index (χ2n) is 7.30. The highest BCUT2D eigenvalue weighted by atomic mass is 16.2. The fourth-order valence-electron chi connectivity index (χ4n) is 3.00. The molecule has 0 radical (unpaired) electrons. The summed E-state index contributed by atoms with van der Waals surface area (Å²) in [5.41, 5.74) is 8.78. The highest BCUT2D eigenvalue weighted by Gasteiger charge is 2.16. The van der Waals surface area contributed by atoms with Gasteiger partial charge < -0.3 is 20.9 Å². The topological polar surface area (TPSA) is 99.2 Å². The number of aromatic nitrogens is 1. The summed E-state index contributed by atoms with van der Waals surface area (Å²) in [6.07, 6.45) is 1.49. The first-order valence-corrected chi connectivity index (χ1v) is 9.77. The van der Waals surface area contributed by atoms with E-state index in [1.54, 1.807) is 6.92 Å². The summed E-state index contributed by atoms with van der Waals surface area (Å²) in [6.45, 7) is 9.09. The van der Waals surface area contributed by atoms with Gasteiger partial charge >= 0.3 is 0 Å². The summed E-state index contributed by atoms with van der Waals surface area (Å²) >= 11 is 0. The van der Waals surface area contributed by atoms with E-state index in [1.807, 2.05) is 46.3 Å². The Morgan fingerprint density at radius 1 is 1.30 bits per heavy atom. The normalized spacial score (nSPS) is 12.3.